The molecule has 0 bridgehead atoms. The number of rotatable bonds is 1. The first kappa shape index (κ1) is 13.1. The summed E-state index contributed by atoms with van der Waals surface area (Å²) in [7, 11) is 2.20. The third kappa shape index (κ3) is 1.94. The van der Waals surface area contributed by atoms with Crippen molar-refractivity contribution in [1.29, 1.82) is 0 Å². The molecule has 5 rings (SSSR count). The summed E-state index contributed by atoms with van der Waals surface area (Å²) in [6, 6.07) is 5.59. The average Bonchev–Trinajstić information content (AvgIpc) is 2.88. The van der Waals surface area contributed by atoms with Gasteiger partial charge in [-0.1, -0.05) is 6.42 Å². The summed E-state index contributed by atoms with van der Waals surface area (Å²) in [5.41, 5.74) is 5.54. The van der Waals surface area contributed by atoms with Crippen molar-refractivity contribution in [2.45, 2.75) is 51.4 Å². The van der Waals surface area contributed by atoms with Gasteiger partial charge in [-0.15, -0.1) is 0 Å². The quantitative estimate of drug-likeness (QED) is 0.807. The zero-order chi connectivity index (χ0) is 14.7. The Balaban J connectivity index is 1.50. The van der Waals surface area contributed by atoms with Gasteiger partial charge in [0.1, 0.15) is 5.82 Å². The van der Waals surface area contributed by atoms with Crippen molar-refractivity contribution in [2.24, 2.45) is 0 Å². The van der Waals surface area contributed by atoms with Crippen LogP contribution in [0.25, 0.3) is 11.0 Å². The van der Waals surface area contributed by atoms with Crippen LogP contribution in [0.15, 0.2) is 12.1 Å². The molecule has 4 heteroatoms. The maximum atomic E-state index is 4.97. The monoisotopic (exact) mass is 296 g/mol. The maximum absolute atomic E-state index is 4.97. The number of hydrogen-bond donors (Lipinski definition) is 0. The minimum Gasteiger partial charge on any atom is -0.327 e. The van der Waals surface area contributed by atoms with E-state index in [2.05, 4.69) is 33.5 Å². The van der Waals surface area contributed by atoms with Crippen LogP contribution >= 0.6 is 0 Å². The van der Waals surface area contributed by atoms with Crippen LogP contribution in [0.4, 0.5) is 0 Å². The van der Waals surface area contributed by atoms with Crippen LogP contribution in [0.5, 0.6) is 0 Å². The first-order valence-corrected chi connectivity index (χ1v) is 8.71. The molecule has 0 radical (unpaired) electrons. The van der Waals surface area contributed by atoms with E-state index in [1.807, 2.05) is 0 Å². The Labute approximate surface area is 131 Å². The fourth-order valence-corrected chi connectivity index (χ4v) is 4.38. The predicted octanol–water partition coefficient (Wildman–Crippen LogP) is 2.39. The van der Waals surface area contributed by atoms with Gasteiger partial charge in [0.15, 0.2) is 0 Å². The number of benzene rings is 1. The predicted molar refractivity (Wildman–Crippen MR) is 87.8 cm³/mol. The molecule has 1 aromatic heterocycles. The Morgan fingerprint density at radius 1 is 1.05 bits per heavy atom. The first-order valence-electron chi connectivity index (χ1n) is 8.71. The molecule has 0 atom stereocenters. The molecule has 0 amide bonds. The van der Waals surface area contributed by atoms with Crippen LogP contribution in [0.3, 0.4) is 0 Å². The van der Waals surface area contributed by atoms with Gasteiger partial charge in [-0.2, -0.15) is 0 Å². The molecule has 2 aromatic rings. The fraction of sp³-hybridized carbons (Fsp3) is 0.611. The van der Waals surface area contributed by atoms with Gasteiger partial charge in [0, 0.05) is 45.2 Å². The zero-order valence-electron chi connectivity index (χ0n) is 13.4. The highest BCUT2D eigenvalue weighted by Gasteiger charge is 2.27. The molecule has 4 nitrogen and oxygen atoms in total. The van der Waals surface area contributed by atoms with Gasteiger partial charge >= 0.3 is 0 Å². The Kier molecular flexibility index (Phi) is 2.86. The molecule has 0 spiro atoms. The Bertz CT molecular complexity index is 728. The van der Waals surface area contributed by atoms with Crippen LogP contribution in [-0.2, 0) is 26.1 Å². The molecular formula is C18H24N4. The van der Waals surface area contributed by atoms with Crippen LogP contribution in [-0.4, -0.2) is 45.5 Å². The van der Waals surface area contributed by atoms with Crippen LogP contribution < -0.4 is 0 Å². The Hall–Kier alpha value is -1.39. The van der Waals surface area contributed by atoms with Crippen LogP contribution in [0.2, 0.25) is 0 Å². The highest BCUT2D eigenvalue weighted by atomic mass is 15.2. The molecule has 3 heterocycles. The SMILES string of the molecule is CN1Cc2cc3nc4n(c3cc2C1)CCN(C1CCC1)CC4. The van der Waals surface area contributed by atoms with E-state index in [1.54, 1.807) is 0 Å². The van der Waals surface area contributed by atoms with Crippen molar-refractivity contribution in [1.82, 2.24) is 19.4 Å². The van der Waals surface area contributed by atoms with E-state index < -0.39 is 0 Å². The number of nitrogens with zero attached hydrogens (tertiary/aromatic N) is 4. The van der Waals surface area contributed by atoms with E-state index in [0.717, 1.165) is 32.1 Å². The van der Waals surface area contributed by atoms with E-state index in [9.17, 15) is 0 Å². The van der Waals surface area contributed by atoms with E-state index in [-0.39, 0.29) is 0 Å². The lowest BCUT2D eigenvalue weighted by Crippen LogP contribution is -2.41. The van der Waals surface area contributed by atoms with Crippen LogP contribution in [0.1, 0.15) is 36.2 Å². The normalized spacial score (nSPS) is 23.3. The smallest absolute Gasteiger partial charge is 0.111 e. The molecular weight excluding hydrogens is 272 g/mol. The van der Waals surface area contributed by atoms with Crippen molar-refractivity contribution in [3.8, 4) is 0 Å². The molecule has 3 aliphatic rings. The van der Waals surface area contributed by atoms with Crippen LogP contribution in [0, 0.1) is 0 Å². The summed E-state index contributed by atoms with van der Waals surface area (Å²) in [6.07, 6.45) is 5.34. The van der Waals surface area contributed by atoms with E-state index in [0.29, 0.717) is 0 Å². The largest absolute Gasteiger partial charge is 0.327 e. The Morgan fingerprint density at radius 3 is 2.64 bits per heavy atom. The van der Waals surface area contributed by atoms with Gasteiger partial charge in [-0.25, -0.2) is 4.98 Å². The molecule has 2 aliphatic heterocycles. The van der Waals surface area contributed by atoms with Gasteiger partial charge < -0.3 is 4.57 Å². The average molecular weight is 296 g/mol. The van der Waals surface area contributed by atoms with Crippen molar-refractivity contribution in [3.63, 3.8) is 0 Å². The van der Waals surface area contributed by atoms with Gasteiger partial charge in [-0.05, 0) is 43.1 Å². The van der Waals surface area contributed by atoms with Crippen molar-refractivity contribution in [2.75, 3.05) is 20.1 Å². The summed E-state index contributed by atoms with van der Waals surface area (Å²) in [6.45, 7) is 5.65. The maximum Gasteiger partial charge on any atom is 0.111 e. The van der Waals surface area contributed by atoms with Gasteiger partial charge in [0.05, 0.1) is 11.0 Å². The van der Waals surface area contributed by atoms with E-state index >= 15 is 0 Å². The number of aromatic nitrogens is 2. The minimum absolute atomic E-state index is 0.855. The lowest BCUT2D eigenvalue weighted by Gasteiger charge is -2.36. The molecule has 1 fully saturated rings. The number of fused-ring (bicyclic) bond motifs is 4. The highest BCUT2D eigenvalue weighted by molar-refractivity contribution is 5.78. The lowest BCUT2D eigenvalue weighted by molar-refractivity contribution is 0.130. The zero-order valence-corrected chi connectivity index (χ0v) is 13.4. The Morgan fingerprint density at radius 2 is 1.86 bits per heavy atom. The van der Waals surface area contributed by atoms with Crippen molar-refractivity contribution >= 4 is 11.0 Å². The first-order chi connectivity index (χ1) is 10.8. The molecule has 1 aliphatic carbocycles. The molecule has 0 saturated heterocycles. The van der Waals surface area contributed by atoms with Gasteiger partial charge in [0.25, 0.3) is 0 Å². The fourth-order valence-electron chi connectivity index (χ4n) is 4.38. The molecule has 116 valence electrons. The lowest BCUT2D eigenvalue weighted by atomic mass is 9.91. The molecule has 22 heavy (non-hydrogen) atoms. The highest BCUT2D eigenvalue weighted by Crippen LogP contribution is 2.30. The van der Waals surface area contributed by atoms with Crippen molar-refractivity contribution in [3.05, 3.63) is 29.1 Å². The third-order valence-electron chi connectivity index (χ3n) is 5.85. The van der Waals surface area contributed by atoms with Gasteiger partial charge in [0.2, 0.25) is 0 Å². The van der Waals surface area contributed by atoms with E-state index in [4.69, 9.17) is 4.98 Å². The van der Waals surface area contributed by atoms with Gasteiger partial charge in [-0.3, -0.25) is 9.80 Å². The third-order valence-corrected chi connectivity index (χ3v) is 5.85. The summed E-state index contributed by atoms with van der Waals surface area (Å²) in [5, 5.41) is 0. The molecule has 0 unspecified atom stereocenters. The minimum atomic E-state index is 0.855. The summed E-state index contributed by atoms with van der Waals surface area (Å²) in [4.78, 5) is 10.1. The summed E-state index contributed by atoms with van der Waals surface area (Å²) >= 11 is 0. The molecule has 1 saturated carbocycles. The van der Waals surface area contributed by atoms with Crippen molar-refractivity contribution < 1.29 is 0 Å². The summed E-state index contributed by atoms with van der Waals surface area (Å²) in [5.74, 6) is 1.30. The van der Waals surface area contributed by atoms with E-state index in [1.165, 1.54) is 60.3 Å². The molecule has 0 N–H and O–H groups in total. The topological polar surface area (TPSA) is 24.3 Å². The second-order valence-electron chi connectivity index (χ2n) is 7.33. The standard InChI is InChI=1S/C18H24N4/c1-20-11-13-9-16-17(10-14(13)12-20)22-8-7-21(15-3-2-4-15)6-5-18(22)19-16/h9-10,15H,2-8,11-12H2,1H3. The molecule has 1 aromatic carbocycles. The second-order valence-corrected chi connectivity index (χ2v) is 7.33. The number of hydrogen-bond acceptors (Lipinski definition) is 3. The number of imidazole rings is 1. The summed E-state index contributed by atoms with van der Waals surface area (Å²) < 4.78 is 2.49. The second kappa shape index (κ2) is 4.80.